The minimum absolute atomic E-state index is 0.847. The Labute approximate surface area is 71.0 Å². The predicted octanol–water partition coefficient (Wildman–Crippen LogP) is 2.13. The molecule has 0 spiro atoms. The summed E-state index contributed by atoms with van der Waals surface area (Å²) < 4.78 is 1.22. The summed E-state index contributed by atoms with van der Waals surface area (Å²) in [6.45, 7) is 8.49. The van der Waals surface area contributed by atoms with Gasteiger partial charge in [0.15, 0.2) is 0 Å². The Bertz CT molecular complexity index is 140. The van der Waals surface area contributed by atoms with Gasteiger partial charge >= 0.3 is 0 Å². The predicted molar refractivity (Wildman–Crippen MR) is 49.4 cm³/mol. The SMILES string of the molecule is CCC1C[N+](C)(C)C(C)C1C. The van der Waals surface area contributed by atoms with Crippen molar-refractivity contribution in [1.82, 2.24) is 0 Å². The van der Waals surface area contributed by atoms with E-state index in [-0.39, 0.29) is 0 Å². The van der Waals surface area contributed by atoms with Gasteiger partial charge in [0, 0.05) is 11.8 Å². The first-order valence-corrected chi connectivity index (χ1v) is 4.81. The maximum absolute atomic E-state index is 2.41. The van der Waals surface area contributed by atoms with Crippen molar-refractivity contribution >= 4 is 0 Å². The number of quaternary nitrogens is 1. The van der Waals surface area contributed by atoms with Crippen LogP contribution in [-0.2, 0) is 0 Å². The van der Waals surface area contributed by atoms with E-state index >= 15 is 0 Å². The van der Waals surface area contributed by atoms with Gasteiger partial charge in [-0.1, -0.05) is 13.8 Å². The second-order valence-electron chi connectivity index (χ2n) is 4.73. The molecule has 66 valence electrons. The van der Waals surface area contributed by atoms with Gasteiger partial charge in [-0.3, -0.25) is 0 Å². The summed E-state index contributed by atoms with van der Waals surface area (Å²) in [5, 5.41) is 0. The third-order valence-electron chi connectivity index (χ3n) is 3.84. The first kappa shape index (κ1) is 9.05. The minimum atomic E-state index is 0.847. The third-order valence-corrected chi connectivity index (χ3v) is 3.84. The number of hydrogen-bond acceptors (Lipinski definition) is 0. The highest BCUT2D eigenvalue weighted by atomic mass is 15.4. The fourth-order valence-corrected chi connectivity index (χ4v) is 2.47. The molecule has 0 aliphatic carbocycles. The van der Waals surface area contributed by atoms with E-state index in [1.54, 1.807) is 0 Å². The highest BCUT2D eigenvalue weighted by Gasteiger charge is 2.42. The summed E-state index contributed by atoms with van der Waals surface area (Å²) in [4.78, 5) is 0. The van der Waals surface area contributed by atoms with Crippen LogP contribution >= 0.6 is 0 Å². The monoisotopic (exact) mass is 156 g/mol. The van der Waals surface area contributed by atoms with Gasteiger partial charge in [0.1, 0.15) is 0 Å². The lowest BCUT2D eigenvalue weighted by atomic mass is 9.91. The summed E-state index contributed by atoms with van der Waals surface area (Å²) in [5.41, 5.74) is 0. The van der Waals surface area contributed by atoms with E-state index in [1.807, 2.05) is 0 Å². The van der Waals surface area contributed by atoms with Crippen molar-refractivity contribution in [1.29, 1.82) is 0 Å². The van der Waals surface area contributed by atoms with Gasteiger partial charge in [0.05, 0.1) is 26.7 Å². The zero-order valence-electron chi connectivity index (χ0n) is 8.59. The quantitative estimate of drug-likeness (QED) is 0.510. The lowest BCUT2D eigenvalue weighted by Gasteiger charge is -2.30. The van der Waals surface area contributed by atoms with Gasteiger partial charge in [0.2, 0.25) is 0 Å². The van der Waals surface area contributed by atoms with Crippen LogP contribution in [0.3, 0.4) is 0 Å². The summed E-state index contributed by atoms with van der Waals surface area (Å²) in [6.07, 6.45) is 1.35. The lowest BCUT2D eigenvalue weighted by Crippen LogP contribution is -2.43. The van der Waals surface area contributed by atoms with E-state index in [4.69, 9.17) is 0 Å². The first-order valence-electron chi connectivity index (χ1n) is 4.81. The maximum atomic E-state index is 2.41. The fraction of sp³-hybridized carbons (Fsp3) is 1.00. The number of likely N-dealkylation sites (tertiary alicyclic amines) is 1. The van der Waals surface area contributed by atoms with Crippen LogP contribution in [0.1, 0.15) is 27.2 Å². The van der Waals surface area contributed by atoms with Crippen LogP contribution in [0.15, 0.2) is 0 Å². The van der Waals surface area contributed by atoms with Gasteiger partial charge < -0.3 is 4.48 Å². The largest absolute Gasteiger partial charge is 0.326 e. The van der Waals surface area contributed by atoms with Crippen molar-refractivity contribution in [2.75, 3.05) is 20.6 Å². The molecule has 0 bridgehead atoms. The summed E-state index contributed by atoms with van der Waals surface area (Å²) in [5.74, 6) is 1.87. The fourth-order valence-electron chi connectivity index (χ4n) is 2.47. The van der Waals surface area contributed by atoms with Crippen molar-refractivity contribution in [3.8, 4) is 0 Å². The average molecular weight is 156 g/mol. The van der Waals surface area contributed by atoms with E-state index in [2.05, 4.69) is 34.9 Å². The van der Waals surface area contributed by atoms with Crippen LogP contribution in [-0.4, -0.2) is 31.2 Å². The Hall–Kier alpha value is -0.0400. The molecule has 1 heterocycles. The molecular weight excluding hydrogens is 134 g/mol. The second kappa shape index (κ2) is 2.78. The van der Waals surface area contributed by atoms with E-state index in [0.717, 1.165) is 17.9 Å². The molecule has 1 nitrogen and oxygen atoms in total. The Balaban J connectivity index is 2.69. The molecule has 0 saturated carbocycles. The molecule has 11 heavy (non-hydrogen) atoms. The van der Waals surface area contributed by atoms with Crippen molar-refractivity contribution in [3.05, 3.63) is 0 Å². The first-order chi connectivity index (χ1) is 4.99. The van der Waals surface area contributed by atoms with E-state index in [9.17, 15) is 0 Å². The van der Waals surface area contributed by atoms with E-state index < -0.39 is 0 Å². The van der Waals surface area contributed by atoms with Crippen LogP contribution < -0.4 is 0 Å². The van der Waals surface area contributed by atoms with Crippen molar-refractivity contribution in [3.63, 3.8) is 0 Å². The highest BCUT2D eigenvalue weighted by Crippen LogP contribution is 2.34. The smallest absolute Gasteiger partial charge is 0.0888 e. The Kier molecular flexibility index (Phi) is 2.29. The molecule has 0 radical (unpaired) electrons. The third kappa shape index (κ3) is 1.44. The topological polar surface area (TPSA) is 0 Å². The number of rotatable bonds is 1. The van der Waals surface area contributed by atoms with Crippen molar-refractivity contribution in [2.24, 2.45) is 11.8 Å². The Morgan fingerprint density at radius 1 is 1.27 bits per heavy atom. The van der Waals surface area contributed by atoms with E-state index in [1.165, 1.54) is 17.4 Å². The number of hydrogen-bond donors (Lipinski definition) is 0. The molecule has 1 fully saturated rings. The molecule has 1 aliphatic heterocycles. The van der Waals surface area contributed by atoms with Crippen LogP contribution in [0.25, 0.3) is 0 Å². The van der Waals surface area contributed by atoms with Crippen molar-refractivity contribution in [2.45, 2.75) is 33.2 Å². The molecule has 1 aliphatic rings. The van der Waals surface area contributed by atoms with Crippen LogP contribution in [0, 0.1) is 11.8 Å². The Morgan fingerprint density at radius 2 is 1.82 bits per heavy atom. The average Bonchev–Trinajstić information content (AvgIpc) is 2.13. The van der Waals surface area contributed by atoms with Gasteiger partial charge in [-0.25, -0.2) is 0 Å². The van der Waals surface area contributed by atoms with E-state index in [0.29, 0.717) is 0 Å². The molecule has 1 rings (SSSR count). The number of nitrogens with zero attached hydrogens (tertiary/aromatic N) is 1. The second-order valence-corrected chi connectivity index (χ2v) is 4.73. The standard InChI is InChI=1S/C10H22N/c1-6-10-7-11(4,5)9(3)8(10)2/h8-10H,6-7H2,1-5H3/q+1. The highest BCUT2D eigenvalue weighted by molar-refractivity contribution is 4.77. The zero-order chi connectivity index (χ0) is 8.65. The van der Waals surface area contributed by atoms with Gasteiger partial charge in [-0.05, 0) is 13.3 Å². The lowest BCUT2D eigenvalue weighted by molar-refractivity contribution is -0.903. The molecular formula is C10H22N+. The molecule has 0 aromatic carbocycles. The van der Waals surface area contributed by atoms with Gasteiger partial charge in [-0.15, -0.1) is 0 Å². The van der Waals surface area contributed by atoms with Crippen molar-refractivity contribution < 1.29 is 4.48 Å². The van der Waals surface area contributed by atoms with Crippen LogP contribution in [0.5, 0.6) is 0 Å². The maximum Gasteiger partial charge on any atom is 0.0888 e. The minimum Gasteiger partial charge on any atom is -0.326 e. The Morgan fingerprint density at radius 3 is 2.00 bits per heavy atom. The molecule has 0 aromatic heterocycles. The molecule has 1 saturated heterocycles. The molecule has 1 heteroatoms. The summed E-state index contributed by atoms with van der Waals surface area (Å²) >= 11 is 0. The van der Waals surface area contributed by atoms with Crippen LogP contribution in [0.2, 0.25) is 0 Å². The molecule has 0 aromatic rings. The molecule has 3 unspecified atom stereocenters. The van der Waals surface area contributed by atoms with Gasteiger partial charge in [-0.2, -0.15) is 0 Å². The molecule has 0 amide bonds. The molecule has 0 N–H and O–H groups in total. The molecule has 3 atom stereocenters. The normalized spacial score (nSPS) is 42.8. The summed E-state index contributed by atoms with van der Waals surface area (Å²) in [6, 6.07) is 0.847. The van der Waals surface area contributed by atoms with Crippen LogP contribution in [0.4, 0.5) is 0 Å². The zero-order valence-corrected chi connectivity index (χ0v) is 8.59. The van der Waals surface area contributed by atoms with Gasteiger partial charge in [0.25, 0.3) is 0 Å². The summed E-state index contributed by atoms with van der Waals surface area (Å²) in [7, 11) is 4.72.